The molecule has 4 rings (SSSR count). The van der Waals surface area contributed by atoms with E-state index in [4.69, 9.17) is 0 Å². The molecule has 0 bridgehead atoms. The Morgan fingerprint density at radius 2 is 1.55 bits per heavy atom. The monoisotopic (exact) mass is 561 g/mol. The van der Waals surface area contributed by atoms with Crippen molar-refractivity contribution in [3.63, 3.8) is 0 Å². The van der Waals surface area contributed by atoms with Crippen LogP contribution < -0.4 is 4.72 Å². The molecule has 0 fully saturated rings. The van der Waals surface area contributed by atoms with Crippen molar-refractivity contribution in [1.29, 1.82) is 5.26 Å². The predicted octanol–water partition coefficient (Wildman–Crippen LogP) is 4.94. The van der Waals surface area contributed by atoms with Crippen molar-refractivity contribution in [2.24, 2.45) is 10.2 Å². The lowest BCUT2D eigenvalue weighted by atomic mass is 10.1. The van der Waals surface area contributed by atoms with E-state index in [-0.39, 0.29) is 44.8 Å². The summed E-state index contributed by atoms with van der Waals surface area (Å²) in [7, 11) is -4.57. The molecule has 4 N–H and O–H groups in total. The lowest BCUT2D eigenvalue weighted by molar-refractivity contribution is -0.384. The van der Waals surface area contributed by atoms with Gasteiger partial charge in [-0.25, -0.2) is 18.0 Å². The number of carbonyl (C=O) groups is 2. The van der Waals surface area contributed by atoms with Gasteiger partial charge in [-0.05, 0) is 42.5 Å². The molecule has 0 aromatic heterocycles. The Labute approximate surface area is 224 Å². The number of nitrogens with zero attached hydrogens (tertiary/aromatic N) is 4. The average Bonchev–Trinajstić information content (AvgIpc) is 2.92. The number of aromatic hydroxyl groups is 1. The number of anilines is 1. The normalized spacial score (nSPS) is 11.3. The highest BCUT2D eigenvalue weighted by atomic mass is 32.2. The van der Waals surface area contributed by atoms with Crippen molar-refractivity contribution in [2.45, 2.75) is 4.90 Å². The van der Waals surface area contributed by atoms with Crippen LogP contribution in [0.3, 0.4) is 0 Å². The molecular weight excluding hydrogens is 546 g/mol. The lowest BCUT2D eigenvalue weighted by Crippen LogP contribution is -2.15. The van der Waals surface area contributed by atoms with Gasteiger partial charge in [0.05, 0.1) is 37.9 Å². The first-order valence-electron chi connectivity index (χ1n) is 10.9. The molecule has 0 radical (unpaired) electrons. The second kappa shape index (κ2) is 10.5. The number of phenolic OH excluding ortho intramolecular Hbond substituents is 1. The summed E-state index contributed by atoms with van der Waals surface area (Å²) in [5, 5.41) is 57.6. The van der Waals surface area contributed by atoms with Gasteiger partial charge in [-0.15, -0.1) is 10.2 Å². The molecule has 0 heterocycles. The molecular formula is C25H15N5O9S. The number of fused-ring (bicyclic) bond motifs is 1. The quantitative estimate of drug-likeness (QED) is 0.128. The van der Waals surface area contributed by atoms with E-state index in [2.05, 4.69) is 15.0 Å². The summed E-state index contributed by atoms with van der Waals surface area (Å²) in [6.07, 6.45) is 0. The zero-order valence-corrected chi connectivity index (χ0v) is 20.7. The van der Waals surface area contributed by atoms with Gasteiger partial charge < -0.3 is 15.3 Å². The van der Waals surface area contributed by atoms with E-state index in [1.807, 2.05) is 0 Å². The van der Waals surface area contributed by atoms with Crippen molar-refractivity contribution in [2.75, 3.05) is 4.72 Å². The number of non-ortho nitro benzene ring substituents is 1. The summed E-state index contributed by atoms with van der Waals surface area (Å²) in [6, 6.07) is 14.3. The molecule has 0 saturated heterocycles. The number of sulfonamides is 1. The molecule has 4 aromatic carbocycles. The van der Waals surface area contributed by atoms with Gasteiger partial charge in [0, 0.05) is 22.9 Å². The predicted molar refractivity (Wildman–Crippen MR) is 139 cm³/mol. The Morgan fingerprint density at radius 1 is 0.925 bits per heavy atom. The second-order valence-corrected chi connectivity index (χ2v) is 9.75. The number of hydrogen-bond acceptors (Lipinski definition) is 10. The van der Waals surface area contributed by atoms with Gasteiger partial charge in [0.25, 0.3) is 15.7 Å². The Kier molecular flexibility index (Phi) is 7.11. The first kappa shape index (κ1) is 27.2. The Morgan fingerprint density at radius 3 is 2.15 bits per heavy atom. The molecule has 0 unspecified atom stereocenters. The molecule has 0 amide bonds. The number of aromatic carboxylic acids is 2. The number of nitrogens with one attached hydrogen (secondary N) is 1. The van der Waals surface area contributed by atoms with E-state index < -0.39 is 42.9 Å². The Balaban J connectivity index is 1.84. The van der Waals surface area contributed by atoms with Gasteiger partial charge in [0.2, 0.25) is 0 Å². The maximum absolute atomic E-state index is 13.2. The molecule has 0 saturated carbocycles. The zero-order valence-electron chi connectivity index (χ0n) is 19.8. The Bertz CT molecular complexity index is 1880. The molecule has 40 heavy (non-hydrogen) atoms. The summed E-state index contributed by atoms with van der Waals surface area (Å²) >= 11 is 0. The van der Waals surface area contributed by atoms with Crippen LogP contribution in [-0.2, 0) is 10.0 Å². The minimum absolute atomic E-state index is 0.0147. The summed E-state index contributed by atoms with van der Waals surface area (Å²) in [5.74, 6) is -3.33. The number of rotatable bonds is 8. The van der Waals surface area contributed by atoms with Gasteiger partial charge in [-0.3, -0.25) is 14.8 Å². The average molecular weight is 561 g/mol. The maximum atomic E-state index is 13.2. The summed E-state index contributed by atoms with van der Waals surface area (Å²) in [5.41, 5.74) is -1.72. The van der Waals surface area contributed by atoms with Gasteiger partial charge >= 0.3 is 11.9 Å². The molecule has 4 aromatic rings. The third-order valence-electron chi connectivity index (χ3n) is 5.53. The highest BCUT2D eigenvalue weighted by Gasteiger charge is 2.22. The Hall–Kier alpha value is -5.88. The molecule has 0 aliphatic rings. The van der Waals surface area contributed by atoms with E-state index >= 15 is 0 Å². The minimum atomic E-state index is -4.57. The topological polar surface area (TPSA) is 233 Å². The summed E-state index contributed by atoms with van der Waals surface area (Å²) in [4.78, 5) is 32.6. The zero-order chi connectivity index (χ0) is 29.2. The second-order valence-electron chi connectivity index (χ2n) is 8.06. The highest BCUT2D eigenvalue weighted by molar-refractivity contribution is 7.92. The van der Waals surface area contributed by atoms with Crippen molar-refractivity contribution in [1.82, 2.24) is 0 Å². The van der Waals surface area contributed by atoms with Crippen LogP contribution in [0.5, 0.6) is 5.75 Å². The van der Waals surface area contributed by atoms with Crippen LogP contribution in [0.25, 0.3) is 10.8 Å². The van der Waals surface area contributed by atoms with E-state index in [0.29, 0.717) is 0 Å². The SMILES string of the molecule is N#Cc1cc([N+](=O)[O-])ccc1/N=N/c1ccc(O)c2cccc(NS(=O)(=O)c3cc(C(=O)O)cc(C(=O)O)c3)c12. The van der Waals surface area contributed by atoms with E-state index in [0.717, 1.165) is 30.3 Å². The third kappa shape index (κ3) is 5.37. The number of phenols is 1. The molecule has 15 heteroatoms. The van der Waals surface area contributed by atoms with E-state index in [9.17, 15) is 48.7 Å². The van der Waals surface area contributed by atoms with Gasteiger partial charge in [0.15, 0.2) is 0 Å². The summed E-state index contributed by atoms with van der Waals surface area (Å²) < 4.78 is 28.7. The molecule has 0 aliphatic heterocycles. The highest BCUT2D eigenvalue weighted by Crippen LogP contribution is 2.39. The van der Waals surface area contributed by atoms with Crippen molar-refractivity contribution < 1.29 is 38.2 Å². The number of hydrogen-bond donors (Lipinski definition) is 4. The molecule has 0 atom stereocenters. The van der Waals surface area contributed by atoms with Gasteiger partial charge in [0.1, 0.15) is 17.5 Å². The van der Waals surface area contributed by atoms with Crippen molar-refractivity contribution in [3.8, 4) is 11.8 Å². The number of nitriles is 1. The van der Waals surface area contributed by atoms with Crippen LogP contribution in [0.15, 0.2) is 81.9 Å². The molecule has 0 aliphatic carbocycles. The third-order valence-corrected chi connectivity index (χ3v) is 6.87. The van der Waals surface area contributed by atoms with Crippen molar-refractivity contribution >= 4 is 55.5 Å². The molecule has 0 spiro atoms. The van der Waals surface area contributed by atoms with E-state index in [1.54, 1.807) is 6.07 Å². The number of nitro benzene ring substituents is 1. The van der Waals surface area contributed by atoms with Gasteiger partial charge in [-0.2, -0.15) is 5.26 Å². The lowest BCUT2D eigenvalue weighted by Gasteiger charge is -2.14. The van der Waals surface area contributed by atoms with Gasteiger partial charge in [-0.1, -0.05) is 12.1 Å². The largest absolute Gasteiger partial charge is 0.507 e. The van der Waals surface area contributed by atoms with Crippen LogP contribution in [0, 0.1) is 21.4 Å². The number of carboxylic acid groups (broad SMARTS) is 2. The van der Waals surface area contributed by atoms with Crippen LogP contribution >= 0.6 is 0 Å². The standard InChI is InChI=1S/C25H15N5O9S/c26-12-15-9-16(30(36)37)4-5-19(15)27-28-20-6-7-22(31)18-2-1-3-21(23(18)20)29-40(38,39)17-10-13(24(32)33)8-14(11-17)25(34)35/h1-11,29,31H,(H,32,33)(H,34,35)/b28-27+. The minimum Gasteiger partial charge on any atom is -0.507 e. The smallest absolute Gasteiger partial charge is 0.335 e. The van der Waals surface area contributed by atoms with Crippen LogP contribution in [0.2, 0.25) is 0 Å². The molecule has 200 valence electrons. The van der Waals surface area contributed by atoms with Crippen LogP contribution in [0.4, 0.5) is 22.7 Å². The fraction of sp³-hybridized carbons (Fsp3) is 0. The van der Waals surface area contributed by atoms with E-state index in [1.165, 1.54) is 36.4 Å². The first-order valence-corrected chi connectivity index (χ1v) is 12.4. The van der Waals surface area contributed by atoms with Crippen molar-refractivity contribution in [3.05, 3.63) is 93.5 Å². The number of azo groups is 1. The fourth-order valence-corrected chi connectivity index (χ4v) is 4.81. The summed E-state index contributed by atoms with van der Waals surface area (Å²) in [6.45, 7) is 0. The number of nitro groups is 1. The van der Waals surface area contributed by atoms with Crippen LogP contribution in [0.1, 0.15) is 26.3 Å². The fourth-order valence-electron chi connectivity index (χ4n) is 3.67. The molecule has 14 nitrogen and oxygen atoms in total. The first-order chi connectivity index (χ1) is 18.9. The number of benzene rings is 4. The van der Waals surface area contributed by atoms with Crippen LogP contribution in [-0.4, -0.2) is 40.6 Å². The maximum Gasteiger partial charge on any atom is 0.335 e. The number of carboxylic acids is 2.